The van der Waals surface area contributed by atoms with Gasteiger partial charge in [0, 0.05) is 22.3 Å². The minimum Gasteiger partial charge on any atom is -0.362 e. The van der Waals surface area contributed by atoms with Crippen LogP contribution in [0.1, 0.15) is 21.7 Å². The molecule has 0 bridgehead atoms. The lowest BCUT2D eigenvalue weighted by atomic mass is 10.2. The molecule has 0 spiro atoms. The number of thioether (sulfide) groups is 1. The van der Waals surface area contributed by atoms with Crippen LogP contribution in [-0.2, 0) is 0 Å². The molecule has 3 rings (SSSR count). The number of carbonyl (C=O) groups excluding carboxylic acids is 1. The largest absolute Gasteiger partial charge is 0.362 e. The average Bonchev–Trinajstić information content (AvgIpc) is 2.83. The predicted molar refractivity (Wildman–Crippen MR) is 84.9 cm³/mol. The van der Waals surface area contributed by atoms with Gasteiger partial charge in [0.25, 0.3) is 0 Å². The van der Waals surface area contributed by atoms with E-state index < -0.39 is 0 Å². The van der Waals surface area contributed by atoms with Crippen LogP contribution < -0.4 is 0 Å². The summed E-state index contributed by atoms with van der Waals surface area (Å²) in [5.74, 6) is 0.489. The molecule has 0 fully saturated rings. The van der Waals surface area contributed by atoms with Gasteiger partial charge in [-0.15, -0.1) is 0 Å². The Labute approximate surface area is 127 Å². The molecule has 2 heterocycles. The fraction of sp³-hybridized carbons (Fsp3) is 0.188. The zero-order valence-corrected chi connectivity index (χ0v) is 12.7. The molecule has 21 heavy (non-hydrogen) atoms. The topological polar surface area (TPSA) is 58.6 Å². The van der Waals surface area contributed by atoms with Gasteiger partial charge in [0.05, 0.1) is 11.3 Å². The summed E-state index contributed by atoms with van der Waals surface area (Å²) in [4.78, 5) is 24.0. The molecule has 106 valence electrons. The van der Waals surface area contributed by atoms with E-state index in [0.29, 0.717) is 5.75 Å². The van der Waals surface area contributed by atoms with Crippen molar-refractivity contribution in [3.05, 3.63) is 53.6 Å². The molecule has 0 atom stereocenters. The van der Waals surface area contributed by atoms with Gasteiger partial charge in [0.2, 0.25) is 0 Å². The number of nitrogens with zero attached hydrogens (tertiary/aromatic N) is 2. The Hall–Kier alpha value is -2.14. The molecule has 0 saturated heterocycles. The molecule has 4 nitrogen and oxygen atoms in total. The molecule has 1 N–H and O–H groups in total. The van der Waals surface area contributed by atoms with E-state index in [9.17, 15) is 4.79 Å². The Morgan fingerprint density at radius 2 is 2.05 bits per heavy atom. The minimum absolute atomic E-state index is 0.115. The molecule has 0 aliphatic carbocycles. The van der Waals surface area contributed by atoms with Crippen molar-refractivity contribution < 1.29 is 4.79 Å². The molecule has 1 aromatic carbocycles. The summed E-state index contributed by atoms with van der Waals surface area (Å²) in [5.41, 5.74) is 3.59. The first kappa shape index (κ1) is 13.8. The van der Waals surface area contributed by atoms with Crippen LogP contribution >= 0.6 is 11.8 Å². The Morgan fingerprint density at radius 1 is 1.24 bits per heavy atom. The monoisotopic (exact) mass is 297 g/mol. The van der Waals surface area contributed by atoms with Crippen LogP contribution in [0, 0.1) is 13.8 Å². The summed E-state index contributed by atoms with van der Waals surface area (Å²) in [6.07, 6.45) is 1.54. The molecule has 0 amide bonds. The van der Waals surface area contributed by atoms with Gasteiger partial charge in [-0.3, -0.25) is 4.79 Å². The van der Waals surface area contributed by atoms with Crippen molar-refractivity contribution in [1.82, 2.24) is 15.0 Å². The maximum atomic E-state index is 12.3. The first-order valence-electron chi connectivity index (χ1n) is 6.67. The summed E-state index contributed by atoms with van der Waals surface area (Å²) in [6, 6.07) is 9.73. The van der Waals surface area contributed by atoms with Gasteiger partial charge in [-0.2, -0.15) is 0 Å². The van der Waals surface area contributed by atoms with E-state index in [1.807, 2.05) is 44.2 Å². The minimum atomic E-state index is 0.115. The third-order valence-electron chi connectivity index (χ3n) is 3.30. The van der Waals surface area contributed by atoms with E-state index in [2.05, 4.69) is 15.0 Å². The second-order valence-corrected chi connectivity index (χ2v) is 5.86. The van der Waals surface area contributed by atoms with Crippen LogP contribution in [0.3, 0.4) is 0 Å². The highest BCUT2D eigenvalue weighted by atomic mass is 32.2. The Kier molecular flexibility index (Phi) is 3.75. The highest BCUT2D eigenvalue weighted by Crippen LogP contribution is 2.25. The van der Waals surface area contributed by atoms with Crippen LogP contribution in [0.4, 0.5) is 0 Å². The number of Topliss-reactive ketones (excluding diaryl/α,β-unsaturated/α-hetero) is 1. The number of aromatic nitrogens is 3. The summed E-state index contributed by atoms with van der Waals surface area (Å²) in [6.45, 7) is 3.87. The number of hydrogen-bond acceptors (Lipinski definition) is 4. The zero-order chi connectivity index (χ0) is 14.8. The Morgan fingerprint density at radius 3 is 2.81 bits per heavy atom. The van der Waals surface area contributed by atoms with Gasteiger partial charge >= 0.3 is 0 Å². The van der Waals surface area contributed by atoms with Gasteiger partial charge in [0.15, 0.2) is 5.78 Å². The number of aromatic amines is 1. The molecule has 3 aromatic rings. The number of fused-ring (bicyclic) bond motifs is 1. The molecule has 0 radical (unpaired) electrons. The SMILES string of the molecule is Cc1cc(C(=O)CSc2ncnc3ccccc23)c(C)[nH]1. The lowest BCUT2D eigenvalue weighted by molar-refractivity contribution is 0.102. The number of aryl methyl sites for hydroxylation is 2. The lowest BCUT2D eigenvalue weighted by Gasteiger charge is -2.04. The quantitative estimate of drug-likeness (QED) is 0.454. The molecular weight excluding hydrogens is 282 g/mol. The van der Waals surface area contributed by atoms with Gasteiger partial charge in [-0.1, -0.05) is 30.0 Å². The molecular formula is C16H15N3OS. The van der Waals surface area contributed by atoms with Crippen molar-refractivity contribution in [2.75, 3.05) is 5.75 Å². The number of nitrogens with one attached hydrogen (secondary N) is 1. The van der Waals surface area contributed by atoms with Crippen molar-refractivity contribution in [3.63, 3.8) is 0 Å². The zero-order valence-electron chi connectivity index (χ0n) is 11.9. The number of para-hydroxylation sites is 1. The molecule has 2 aromatic heterocycles. The normalized spacial score (nSPS) is 11.0. The molecule has 5 heteroatoms. The summed E-state index contributed by atoms with van der Waals surface area (Å²) >= 11 is 1.46. The second-order valence-electron chi connectivity index (χ2n) is 4.90. The second kappa shape index (κ2) is 5.69. The third kappa shape index (κ3) is 2.83. The van der Waals surface area contributed by atoms with Crippen LogP contribution in [0.15, 0.2) is 41.7 Å². The van der Waals surface area contributed by atoms with E-state index in [4.69, 9.17) is 0 Å². The first-order chi connectivity index (χ1) is 10.1. The smallest absolute Gasteiger partial charge is 0.174 e. The van der Waals surface area contributed by atoms with Crippen molar-refractivity contribution in [2.45, 2.75) is 18.9 Å². The van der Waals surface area contributed by atoms with E-state index in [0.717, 1.165) is 32.9 Å². The molecule has 0 aliphatic rings. The van der Waals surface area contributed by atoms with Gasteiger partial charge < -0.3 is 4.98 Å². The summed E-state index contributed by atoms with van der Waals surface area (Å²) in [5, 5.41) is 1.83. The van der Waals surface area contributed by atoms with Crippen LogP contribution in [0.5, 0.6) is 0 Å². The number of H-pyrrole nitrogens is 1. The highest BCUT2D eigenvalue weighted by Gasteiger charge is 2.13. The van der Waals surface area contributed by atoms with Gasteiger partial charge in [-0.25, -0.2) is 9.97 Å². The van der Waals surface area contributed by atoms with Crippen molar-refractivity contribution in [3.8, 4) is 0 Å². The van der Waals surface area contributed by atoms with Crippen LogP contribution in [-0.4, -0.2) is 26.5 Å². The maximum Gasteiger partial charge on any atom is 0.174 e. The van der Waals surface area contributed by atoms with Crippen molar-refractivity contribution in [1.29, 1.82) is 0 Å². The number of carbonyl (C=O) groups is 1. The molecule has 0 saturated carbocycles. The van der Waals surface area contributed by atoms with Crippen LogP contribution in [0.2, 0.25) is 0 Å². The third-order valence-corrected chi connectivity index (χ3v) is 4.30. The highest BCUT2D eigenvalue weighted by molar-refractivity contribution is 8.00. The van der Waals surface area contributed by atoms with E-state index in [-0.39, 0.29) is 5.78 Å². The molecule has 0 aliphatic heterocycles. The average molecular weight is 297 g/mol. The van der Waals surface area contributed by atoms with Crippen molar-refractivity contribution >= 4 is 28.4 Å². The van der Waals surface area contributed by atoms with E-state index >= 15 is 0 Å². The summed E-state index contributed by atoms with van der Waals surface area (Å²) in [7, 11) is 0. The lowest BCUT2D eigenvalue weighted by Crippen LogP contribution is -2.03. The van der Waals surface area contributed by atoms with E-state index in [1.54, 1.807) is 6.33 Å². The van der Waals surface area contributed by atoms with Gasteiger partial charge in [-0.05, 0) is 26.0 Å². The Balaban J connectivity index is 1.81. The number of hydrogen-bond donors (Lipinski definition) is 1. The Bertz CT molecular complexity index is 805. The van der Waals surface area contributed by atoms with E-state index in [1.165, 1.54) is 11.8 Å². The standard InChI is InChI=1S/C16H15N3OS/c1-10-7-13(11(2)19-10)15(20)8-21-16-12-5-3-4-6-14(12)17-9-18-16/h3-7,9,19H,8H2,1-2H3. The maximum absolute atomic E-state index is 12.3. The summed E-state index contributed by atoms with van der Waals surface area (Å²) < 4.78 is 0. The van der Waals surface area contributed by atoms with Crippen LogP contribution in [0.25, 0.3) is 10.9 Å². The first-order valence-corrected chi connectivity index (χ1v) is 7.65. The molecule has 0 unspecified atom stereocenters. The number of rotatable bonds is 4. The fourth-order valence-electron chi connectivity index (χ4n) is 2.32. The number of ketones is 1. The van der Waals surface area contributed by atoms with Gasteiger partial charge in [0.1, 0.15) is 11.4 Å². The number of benzene rings is 1. The predicted octanol–water partition coefficient (Wildman–Crippen LogP) is 3.55. The van der Waals surface area contributed by atoms with Crippen molar-refractivity contribution in [2.24, 2.45) is 0 Å². The fourth-order valence-corrected chi connectivity index (χ4v) is 3.19.